The lowest BCUT2D eigenvalue weighted by molar-refractivity contribution is -0.118. The van der Waals surface area contributed by atoms with Crippen molar-refractivity contribution in [1.82, 2.24) is 13.5 Å². The zero-order chi connectivity index (χ0) is 28.5. The number of likely N-dealkylation sites (tertiary alicyclic amines) is 1. The zero-order valence-corrected chi connectivity index (χ0v) is 25.6. The van der Waals surface area contributed by atoms with Crippen LogP contribution in [0.2, 0.25) is 0 Å². The smallest absolute Gasteiger partial charge is 0.243 e. The summed E-state index contributed by atoms with van der Waals surface area (Å²) in [6.07, 6.45) is 5.47. The Kier molecular flexibility index (Phi) is 9.17. The van der Waals surface area contributed by atoms with Crippen LogP contribution in [0.5, 0.6) is 0 Å². The predicted molar refractivity (Wildman–Crippen MR) is 154 cm³/mol. The second kappa shape index (κ2) is 11.8. The monoisotopic (exact) mass is 582 g/mol. The molecule has 3 heterocycles. The molecule has 9 nitrogen and oxygen atoms in total. The lowest BCUT2D eigenvalue weighted by Gasteiger charge is -2.52. The SMILES string of the molecule is CC(C)CS(=O)(=O)N1CC(C)(C)CC2(CCN(CC(=O)Nc3cccc(S(=O)(=O)N4CCCCC4)c3)CC2)C1. The highest BCUT2D eigenvalue weighted by Crippen LogP contribution is 2.47. The molecule has 1 amide bonds. The topological polar surface area (TPSA) is 107 Å². The van der Waals surface area contributed by atoms with Gasteiger partial charge in [-0.3, -0.25) is 9.69 Å². The first-order chi connectivity index (χ1) is 18.2. The number of anilines is 1. The molecule has 0 unspecified atom stereocenters. The molecule has 1 aromatic rings. The van der Waals surface area contributed by atoms with Crippen LogP contribution in [-0.4, -0.2) is 87.8 Å². The van der Waals surface area contributed by atoms with Gasteiger partial charge < -0.3 is 5.32 Å². The molecule has 0 saturated carbocycles. The molecule has 3 fully saturated rings. The van der Waals surface area contributed by atoms with Crippen molar-refractivity contribution < 1.29 is 21.6 Å². The second-order valence-electron chi connectivity index (χ2n) is 13.1. The summed E-state index contributed by atoms with van der Waals surface area (Å²) >= 11 is 0. The van der Waals surface area contributed by atoms with Gasteiger partial charge in [0.05, 0.1) is 17.2 Å². The molecule has 0 aromatic heterocycles. The number of rotatable bonds is 8. The number of carbonyl (C=O) groups excluding carboxylic acids is 1. The van der Waals surface area contributed by atoms with Gasteiger partial charge in [0, 0.05) is 31.9 Å². The van der Waals surface area contributed by atoms with Crippen molar-refractivity contribution in [1.29, 1.82) is 0 Å². The Labute approximate surface area is 235 Å². The standard InChI is InChI=1S/C28H46N4O5S2/c1-23(2)19-38(34,35)32-21-27(3,4)20-28(22-32)11-15-30(16-12-28)18-26(33)29-24-9-8-10-25(17-24)39(36,37)31-13-6-5-7-14-31/h8-10,17,23H,5-7,11-16,18-22H2,1-4H3,(H,29,33). The average molecular weight is 583 g/mol. The fraction of sp³-hybridized carbons (Fsp3) is 0.750. The van der Waals surface area contributed by atoms with E-state index < -0.39 is 20.0 Å². The third-order valence-corrected chi connectivity index (χ3v) is 12.3. The summed E-state index contributed by atoms with van der Waals surface area (Å²) < 4.78 is 55.5. The normalized spacial score (nSPS) is 23.2. The molecular weight excluding hydrogens is 536 g/mol. The molecule has 4 rings (SSSR count). The van der Waals surface area contributed by atoms with Gasteiger partial charge in [0.1, 0.15) is 0 Å². The Hall–Kier alpha value is -1.53. The quantitative estimate of drug-likeness (QED) is 0.502. The summed E-state index contributed by atoms with van der Waals surface area (Å²) in [6.45, 7) is 12.1. The lowest BCUT2D eigenvalue weighted by Crippen LogP contribution is -2.56. The van der Waals surface area contributed by atoms with E-state index in [2.05, 4.69) is 24.1 Å². The zero-order valence-electron chi connectivity index (χ0n) is 24.0. The summed E-state index contributed by atoms with van der Waals surface area (Å²) in [5.41, 5.74) is 0.309. The molecule has 39 heavy (non-hydrogen) atoms. The van der Waals surface area contributed by atoms with Crippen molar-refractivity contribution in [3.63, 3.8) is 0 Å². The minimum absolute atomic E-state index is 0.0735. The third kappa shape index (κ3) is 7.61. The lowest BCUT2D eigenvalue weighted by atomic mass is 9.65. The molecule has 1 aromatic carbocycles. The van der Waals surface area contributed by atoms with Crippen molar-refractivity contribution in [2.45, 2.75) is 71.1 Å². The third-order valence-electron chi connectivity index (χ3n) is 8.26. The molecule has 0 radical (unpaired) electrons. The Bertz CT molecular complexity index is 1230. The summed E-state index contributed by atoms with van der Waals surface area (Å²) in [7, 11) is -6.88. The van der Waals surface area contributed by atoms with Gasteiger partial charge in [-0.05, 0) is 80.1 Å². The van der Waals surface area contributed by atoms with E-state index in [1.807, 2.05) is 13.8 Å². The molecule has 3 aliphatic rings. The van der Waals surface area contributed by atoms with Gasteiger partial charge in [-0.25, -0.2) is 21.1 Å². The minimum Gasteiger partial charge on any atom is -0.325 e. The maximum absolute atomic E-state index is 13.1. The molecule has 1 spiro atoms. The average Bonchev–Trinajstić information content (AvgIpc) is 2.84. The first-order valence-corrected chi connectivity index (χ1v) is 17.4. The highest BCUT2D eigenvalue weighted by molar-refractivity contribution is 7.89. The maximum atomic E-state index is 13.1. The summed E-state index contributed by atoms with van der Waals surface area (Å²) in [5.74, 6) is 0.0805. The molecule has 0 aliphatic carbocycles. The Morgan fingerprint density at radius 3 is 2.26 bits per heavy atom. The molecule has 3 saturated heterocycles. The number of hydrogen-bond donors (Lipinski definition) is 1. The van der Waals surface area contributed by atoms with Gasteiger partial charge in [0.2, 0.25) is 26.0 Å². The number of nitrogens with one attached hydrogen (secondary N) is 1. The fourth-order valence-electron chi connectivity index (χ4n) is 6.67. The number of carbonyl (C=O) groups is 1. The highest BCUT2D eigenvalue weighted by Gasteiger charge is 2.47. The van der Waals surface area contributed by atoms with E-state index in [4.69, 9.17) is 0 Å². The highest BCUT2D eigenvalue weighted by atomic mass is 32.2. The van der Waals surface area contributed by atoms with Gasteiger partial charge in [0.25, 0.3) is 0 Å². The Morgan fingerprint density at radius 2 is 1.62 bits per heavy atom. The number of hydrogen-bond acceptors (Lipinski definition) is 6. The molecule has 3 aliphatic heterocycles. The molecule has 1 N–H and O–H groups in total. The van der Waals surface area contributed by atoms with E-state index >= 15 is 0 Å². The Morgan fingerprint density at radius 1 is 0.949 bits per heavy atom. The molecule has 0 atom stereocenters. The van der Waals surface area contributed by atoms with Gasteiger partial charge in [0.15, 0.2) is 0 Å². The van der Waals surface area contributed by atoms with Crippen molar-refractivity contribution in [3.05, 3.63) is 24.3 Å². The minimum atomic E-state index is -3.57. The molecule has 11 heteroatoms. The van der Waals surface area contributed by atoms with Gasteiger partial charge in [-0.1, -0.05) is 40.2 Å². The van der Waals surface area contributed by atoms with Crippen LogP contribution in [0.4, 0.5) is 5.69 Å². The van der Waals surface area contributed by atoms with Crippen LogP contribution in [0.3, 0.4) is 0 Å². The van der Waals surface area contributed by atoms with Crippen LogP contribution in [0.25, 0.3) is 0 Å². The maximum Gasteiger partial charge on any atom is 0.243 e. The summed E-state index contributed by atoms with van der Waals surface area (Å²) in [4.78, 5) is 15.2. The van der Waals surface area contributed by atoms with Crippen molar-refractivity contribution in [2.75, 3.05) is 56.9 Å². The summed E-state index contributed by atoms with van der Waals surface area (Å²) in [5, 5.41) is 2.88. The number of amides is 1. The number of benzene rings is 1. The fourth-order valence-corrected chi connectivity index (χ4v) is 10.3. The van der Waals surface area contributed by atoms with Crippen molar-refractivity contribution in [2.24, 2.45) is 16.7 Å². The van der Waals surface area contributed by atoms with E-state index in [0.717, 1.165) is 51.6 Å². The van der Waals surface area contributed by atoms with Crippen LogP contribution >= 0.6 is 0 Å². The number of piperidine rings is 3. The van der Waals surface area contributed by atoms with E-state index in [9.17, 15) is 21.6 Å². The molecule has 220 valence electrons. The van der Waals surface area contributed by atoms with Gasteiger partial charge in [-0.15, -0.1) is 0 Å². The molecular formula is C28H46N4O5S2. The van der Waals surface area contributed by atoms with E-state index in [-0.39, 0.29) is 39.8 Å². The van der Waals surface area contributed by atoms with E-state index in [0.29, 0.717) is 31.9 Å². The largest absolute Gasteiger partial charge is 0.325 e. The number of sulfonamides is 2. The van der Waals surface area contributed by atoms with Crippen LogP contribution < -0.4 is 5.32 Å². The summed E-state index contributed by atoms with van der Waals surface area (Å²) in [6, 6.07) is 6.51. The van der Waals surface area contributed by atoms with Gasteiger partial charge >= 0.3 is 0 Å². The first-order valence-electron chi connectivity index (χ1n) is 14.3. The van der Waals surface area contributed by atoms with Crippen molar-refractivity contribution >= 4 is 31.6 Å². The Balaban J connectivity index is 1.35. The first kappa shape index (κ1) is 30.4. The predicted octanol–water partition coefficient (Wildman–Crippen LogP) is 3.60. The van der Waals surface area contributed by atoms with Gasteiger partial charge in [-0.2, -0.15) is 4.31 Å². The van der Waals surface area contributed by atoms with Crippen LogP contribution in [-0.2, 0) is 24.8 Å². The van der Waals surface area contributed by atoms with Crippen LogP contribution in [0, 0.1) is 16.7 Å². The second-order valence-corrected chi connectivity index (χ2v) is 17.0. The van der Waals surface area contributed by atoms with Crippen LogP contribution in [0.15, 0.2) is 29.2 Å². The van der Waals surface area contributed by atoms with Crippen molar-refractivity contribution in [3.8, 4) is 0 Å². The molecule has 0 bridgehead atoms. The number of nitrogens with zero attached hydrogens (tertiary/aromatic N) is 3. The van der Waals surface area contributed by atoms with E-state index in [1.165, 1.54) is 4.31 Å². The van der Waals surface area contributed by atoms with Crippen LogP contribution in [0.1, 0.15) is 66.2 Å². The van der Waals surface area contributed by atoms with E-state index in [1.54, 1.807) is 28.6 Å².